The molecule has 1 saturated heterocycles. The Morgan fingerprint density at radius 1 is 1.04 bits per heavy atom. The number of piperazine rings is 1. The molecule has 2 aromatic rings. The fourth-order valence-corrected chi connectivity index (χ4v) is 4.06. The molecule has 3 aliphatic rings. The Hall–Kier alpha value is -3.10. The summed E-state index contributed by atoms with van der Waals surface area (Å²) in [5.74, 6) is 2.29. The standard InChI is InChI=1S/C19H21N5O4/c25-18(13-1-3-15-16(9-13)28-12-27-15)22-5-7-23(8-6-22)19(26)14-2-4-17-21-20-11-24(17)10-14/h1,3,9,11,14H,2,4-8,10,12H2. The van der Waals surface area contributed by atoms with Gasteiger partial charge in [0.05, 0.1) is 5.92 Å². The van der Waals surface area contributed by atoms with E-state index in [-0.39, 0.29) is 24.5 Å². The largest absolute Gasteiger partial charge is 0.454 e. The number of aryl methyl sites for hydroxylation is 1. The highest BCUT2D eigenvalue weighted by molar-refractivity contribution is 5.95. The minimum atomic E-state index is -0.0443. The van der Waals surface area contributed by atoms with E-state index in [1.54, 1.807) is 29.4 Å². The van der Waals surface area contributed by atoms with Crippen molar-refractivity contribution < 1.29 is 19.1 Å². The van der Waals surface area contributed by atoms with Gasteiger partial charge in [0.15, 0.2) is 11.5 Å². The molecule has 0 N–H and O–H groups in total. The van der Waals surface area contributed by atoms with E-state index in [2.05, 4.69) is 10.2 Å². The summed E-state index contributed by atoms with van der Waals surface area (Å²) in [7, 11) is 0. The lowest BCUT2D eigenvalue weighted by molar-refractivity contribution is -0.138. The zero-order chi connectivity index (χ0) is 19.1. The van der Waals surface area contributed by atoms with Crippen LogP contribution < -0.4 is 9.47 Å². The number of carbonyl (C=O) groups excluding carboxylic acids is 2. The second-order valence-corrected chi connectivity index (χ2v) is 7.32. The van der Waals surface area contributed by atoms with Gasteiger partial charge in [-0.2, -0.15) is 0 Å². The molecule has 0 spiro atoms. The van der Waals surface area contributed by atoms with Gasteiger partial charge in [-0.1, -0.05) is 0 Å². The summed E-state index contributed by atoms with van der Waals surface area (Å²) in [4.78, 5) is 29.4. The monoisotopic (exact) mass is 383 g/mol. The first-order valence-corrected chi connectivity index (χ1v) is 9.53. The van der Waals surface area contributed by atoms with E-state index in [4.69, 9.17) is 9.47 Å². The molecule has 3 aliphatic heterocycles. The predicted molar refractivity (Wildman–Crippen MR) is 96.9 cm³/mol. The minimum absolute atomic E-state index is 0.0420. The second kappa shape index (κ2) is 6.81. The number of amides is 2. The third-order valence-electron chi connectivity index (χ3n) is 5.68. The van der Waals surface area contributed by atoms with Crippen molar-refractivity contribution in [3.63, 3.8) is 0 Å². The van der Waals surface area contributed by atoms with Crippen molar-refractivity contribution in [1.29, 1.82) is 0 Å². The molecule has 9 heteroatoms. The van der Waals surface area contributed by atoms with Gasteiger partial charge in [-0.15, -0.1) is 10.2 Å². The van der Waals surface area contributed by atoms with Crippen molar-refractivity contribution in [2.45, 2.75) is 19.4 Å². The number of carbonyl (C=O) groups is 2. The number of rotatable bonds is 2. The Kier molecular flexibility index (Phi) is 4.14. The maximum absolute atomic E-state index is 12.9. The lowest BCUT2D eigenvalue weighted by Gasteiger charge is -2.37. The van der Waals surface area contributed by atoms with Gasteiger partial charge in [-0.3, -0.25) is 9.59 Å². The highest BCUT2D eigenvalue weighted by Gasteiger charge is 2.32. The Morgan fingerprint density at radius 3 is 2.68 bits per heavy atom. The molecule has 5 rings (SSSR count). The average molecular weight is 383 g/mol. The van der Waals surface area contributed by atoms with Gasteiger partial charge in [0, 0.05) is 44.7 Å². The third kappa shape index (κ3) is 2.96. The molecule has 1 aromatic heterocycles. The molecule has 0 bridgehead atoms. The quantitative estimate of drug-likeness (QED) is 0.753. The molecule has 1 aromatic carbocycles. The van der Waals surface area contributed by atoms with Crippen LogP contribution in [0.2, 0.25) is 0 Å². The topological polar surface area (TPSA) is 89.8 Å². The normalized spacial score (nSPS) is 20.8. The SMILES string of the molecule is O=C(c1ccc2c(c1)OCO2)N1CCN(C(=O)C2CCc3nncn3C2)CC1. The van der Waals surface area contributed by atoms with E-state index in [9.17, 15) is 9.59 Å². The fourth-order valence-electron chi connectivity index (χ4n) is 4.06. The van der Waals surface area contributed by atoms with Crippen molar-refractivity contribution in [3.05, 3.63) is 35.9 Å². The van der Waals surface area contributed by atoms with Crippen LogP contribution in [0.4, 0.5) is 0 Å². The van der Waals surface area contributed by atoms with Gasteiger partial charge < -0.3 is 23.8 Å². The van der Waals surface area contributed by atoms with Crippen LogP contribution in [0, 0.1) is 5.92 Å². The van der Waals surface area contributed by atoms with Crippen LogP contribution in [0.5, 0.6) is 11.5 Å². The highest BCUT2D eigenvalue weighted by atomic mass is 16.7. The van der Waals surface area contributed by atoms with Crippen molar-refractivity contribution in [2.24, 2.45) is 5.92 Å². The molecule has 9 nitrogen and oxygen atoms in total. The number of aromatic nitrogens is 3. The third-order valence-corrected chi connectivity index (χ3v) is 5.68. The zero-order valence-electron chi connectivity index (χ0n) is 15.4. The number of hydrogen-bond donors (Lipinski definition) is 0. The van der Waals surface area contributed by atoms with E-state index in [0.717, 1.165) is 18.7 Å². The van der Waals surface area contributed by atoms with E-state index in [0.29, 0.717) is 49.8 Å². The smallest absolute Gasteiger partial charge is 0.254 e. The van der Waals surface area contributed by atoms with Crippen molar-refractivity contribution in [1.82, 2.24) is 24.6 Å². The van der Waals surface area contributed by atoms with Gasteiger partial charge in [0.2, 0.25) is 12.7 Å². The number of nitrogens with zero attached hydrogens (tertiary/aromatic N) is 5. The Balaban J connectivity index is 1.19. The molecule has 0 saturated carbocycles. The summed E-state index contributed by atoms with van der Waals surface area (Å²) in [6.45, 7) is 3.00. The summed E-state index contributed by atoms with van der Waals surface area (Å²) < 4.78 is 12.6. The first-order chi connectivity index (χ1) is 13.7. The summed E-state index contributed by atoms with van der Waals surface area (Å²) in [6, 6.07) is 5.24. The summed E-state index contributed by atoms with van der Waals surface area (Å²) >= 11 is 0. The molecule has 0 aliphatic carbocycles. The first-order valence-electron chi connectivity index (χ1n) is 9.53. The Labute approximate surface area is 161 Å². The van der Waals surface area contributed by atoms with E-state index >= 15 is 0 Å². The van der Waals surface area contributed by atoms with Gasteiger partial charge in [-0.25, -0.2) is 0 Å². The van der Waals surface area contributed by atoms with Crippen molar-refractivity contribution in [2.75, 3.05) is 33.0 Å². The number of ether oxygens (including phenoxy) is 2. The Morgan fingerprint density at radius 2 is 1.82 bits per heavy atom. The van der Waals surface area contributed by atoms with E-state index in [1.807, 2.05) is 9.47 Å². The highest BCUT2D eigenvalue weighted by Crippen LogP contribution is 2.33. The minimum Gasteiger partial charge on any atom is -0.454 e. The molecular formula is C19H21N5O4. The first kappa shape index (κ1) is 17.0. The maximum Gasteiger partial charge on any atom is 0.254 e. The molecule has 1 atom stereocenters. The molecule has 2 amide bonds. The fraction of sp³-hybridized carbons (Fsp3) is 0.474. The second-order valence-electron chi connectivity index (χ2n) is 7.32. The molecule has 146 valence electrons. The van der Waals surface area contributed by atoms with Crippen LogP contribution in [0.15, 0.2) is 24.5 Å². The van der Waals surface area contributed by atoms with Crippen LogP contribution >= 0.6 is 0 Å². The molecule has 4 heterocycles. The number of benzene rings is 1. The van der Waals surface area contributed by atoms with Crippen LogP contribution in [0.25, 0.3) is 0 Å². The van der Waals surface area contributed by atoms with Crippen molar-refractivity contribution >= 4 is 11.8 Å². The van der Waals surface area contributed by atoms with Gasteiger partial charge in [-0.05, 0) is 24.6 Å². The lowest BCUT2D eigenvalue weighted by atomic mass is 9.97. The molecule has 1 unspecified atom stereocenters. The molecule has 0 radical (unpaired) electrons. The lowest BCUT2D eigenvalue weighted by Crippen LogP contribution is -2.52. The summed E-state index contributed by atoms with van der Waals surface area (Å²) in [6.07, 6.45) is 3.27. The van der Waals surface area contributed by atoms with Crippen LogP contribution in [0.3, 0.4) is 0 Å². The van der Waals surface area contributed by atoms with Gasteiger partial charge >= 0.3 is 0 Å². The number of hydrogen-bond acceptors (Lipinski definition) is 6. The summed E-state index contributed by atoms with van der Waals surface area (Å²) in [5.41, 5.74) is 0.580. The predicted octanol–water partition coefficient (Wildman–Crippen LogP) is 0.554. The number of fused-ring (bicyclic) bond motifs is 2. The average Bonchev–Trinajstić information content (AvgIpc) is 3.40. The van der Waals surface area contributed by atoms with Gasteiger partial charge in [0.1, 0.15) is 12.2 Å². The van der Waals surface area contributed by atoms with Crippen LogP contribution in [-0.4, -0.2) is 69.4 Å². The van der Waals surface area contributed by atoms with Crippen molar-refractivity contribution in [3.8, 4) is 11.5 Å². The molecular weight excluding hydrogens is 362 g/mol. The maximum atomic E-state index is 12.9. The van der Waals surface area contributed by atoms with Gasteiger partial charge in [0.25, 0.3) is 5.91 Å². The van der Waals surface area contributed by atoms with Crippen LogP contribution in [-0.2, 0) is 17.8 Å². The van der Waals surface area contributed by atoms with Crippen LogP contribution in [0.1, 0.15) is 22.6 Å². The molecule has 1 fully saturated rings. The Bertz CT molecular complexity index is 919. The van der Waals surface area contributed by atoms with E-state index < -0.39 is 0 Å². The van der Waals surface area contributed by atoms with E-state index in [1.165, 1.54) is 0 Å². The summed E-state index contributed by atoms with van der Waals surface area (Å²) in [5, 5.41) is 7.99. The molecule has 28 heavy (non-hydrogen) atoms. The zero-order valence-corrected chi connectivity index (χ0v) is 15.4.